The van der Waals surface area contributed by atoms with E-state index >= 15 is 0 Å². The van der Waals surface area contributed by atoms with Crippen molar-refractivity contribution in [1.82, 2.24) is 9.55 Å². The van der Waals surface area contributed by atoms with Crippen LogP contribution in [0.3, 0.4) is 0 Å². The molecule has 2 aliphatic carbocycles. The van der Waals surface area contributed by atoms with Crippen LogP contribution in [0, 0.1) is 5.92 Å². The summed E-state index contributed by atoms with van der Waals surface area (Å²) in [4.78, 5) is 4.75. The molecule has 5 heteroatoms. The highest BCUT2D eigenvalue weighted by molar-refractivity contribution is 6.58. The SMILES string of the molecule is [B]C([B])([B])c1nc2ccccc2n1-c1cccc(-c2c3ccccc3c(C3=Cc4ccccc4C4C=CC=CC34)c3ccccc23)c1. The number of aromatic nitrogens is 2. The number of nitrogens with zero attached hydrogens (tertiary/aromatic N) is 2. The molecule has 0 aliphatic heterocycles. The quantitative estimate of drug-likeness (QED) is 0.147. The van der Waals surface area contributed by atoms with Crippen LogP contribution < -0.4 is 0 Å². The van der Waals surface area contributed by atoms with Gasteiger partial charge in [0.05, 0.1) is 40.4 Å². The summed E-state index contributed by atoms with van der Waals surface area (Å²) in [5.41, 5.74) is 10.1. The fourth-order valence-electron chi connectivity index (χ4n) is 7.78. The first-order valence-corrected chi connectivity index (χ1v) is 16.0. The Morgan fingerprint density at radius 2 is 1.21 bits per heavy atom. The van der Waals surface area contributed by atoms with Gasteiger partial charge in [0.1, 0.15) is 0 Å². The number of benzene rings is 6. The van der Waals surface area contributed by atoms with E-state index in [0.717, 1.165) is 22.3 Å². The number of para-hydroxylation sites is 2. The van der Waals surface area contributed by atoms with E-state index in [-0.39, 0.29) is 5.92 Å². The van der Waals surface area contributed by atoms with Crippen molar-refractivity contribution < 1.29 is 0 Å². The van der Waals surface area contributed by atoms with Gasteiger partial charge in [0.25, 0.3) is 0 Å². The van der Waals surface area contributed by atoms with Gasteiger partial charge in [0, 0.05) is 17.5 Å². The summed E-state index contributed by atoms with van der Waals surface area (Å²) >= 11 is 0. The summed E-state index contributed by atoms with van der Waals surface area (Å²) in [5.74, 6) is 0.937. The number of allylic oxidation sites excluding steroid dienone is 5. The van der Waals surface area contributed by atoms with Gasteiger partial charge in [-0.15, -0.1) is 0 Å². The molecular weight excluding hydrogens is 565 g/mol. The molecule has 9 rings (SSSR count). The zero-order valence-corrected chi connectivity index (χ0v) is 25.7. The zero-order chi connectivity index (χ0) is 31.7. The molecular formula is C42H27B3N2. The molecule has 7 aromatic rings. The Morgan fingerprint density at radius 1 is 0.596 bits per heavy atom. The second-order valence-corrected chi connectivity index (χ2v) is 12.6. The molecule has 0 N–H and O–H groups in total. The summed E-state index contributed by atoms with van der Waals surface area (Å²) < 4.78 is 1.98. The third-order valence-corrected chi connectivity index (χ3v) is 9.72. The number of rotatable bonds is 4. The van der Waals surface area contributed by atoms with E-state index in [4.69, 9.17) is 28.5 Å². The molecule has 2 nitrogen and oxygen atoms in total. The monoisotopic (exact) mass is 592 g/mol. The largest absolute Gasteiger partial charge is 0.298 e. The molecule has 0 bridgehead atoms. The Hall–Kier alpha value is -5.28. The zero-order valence-electron chi connectivity index (χ0n) is 25.7. The maximum Gasteiger partial charge on any atom is 0.0951 e. The van der Waals surface area contributed by atoms with Gasteiger partial charge in [-0.2, -0.15) is 0 Å². The van der Waals surface area contributed by atoms with Gasteiger partial charge >= 0.3 is 0 Å². The number of hydrogen-bond acceptors (Lipinski definition) is 1. The Morgan fingerprint density at radius 3 is 1.94 bits per heavy atom. The summed E-state index contributed by atoms with van der Waals surface area (Å²) in [6.07, 6.45) is 11.5. The molecule has 2 atom stereocenters. The van der Waals surface area contributed by atoms with E-state index in [1.54, 1.807) is 0 Å². The van der Waals surface area contributed by atoms with Crippen LogP contribution >= 0.6 is 0 Å². The molecule has 6 aromatic carbocycles. The highest BCUT2D eigenvalue weighted by atomic mass is 15.1. The predicted octanol–water partition coefficient (Wildman–Crippen LogP) is 8.99. The molecule has 2 unspecified atom stereocenters. The van der Waals surface area contributed by atoms with Gasteiger partial charge in [-0.3, -0.25) is 4.57 Å². The minimum absolute atomic E-state index is 0.243. The second-order valence-electron chi connectivity index (χ2n) is 12.6. The molecule has 0 fully saturated rings. The topological polar surface area (TPSA) is 17.8 Å². The average molecular weight is 592 g/mol. The third-order valence-electron chi connectivity index (χ3n) is 9.72. The molecule has 0 saturated heterocycles. The summed E-state index contributed by atoms with van der Waals surface area (Å²) in [6, 6.07) is 42.8. The van der Waals surface area contributed by atoms with Crippen molar-refractivity contribution >= 4 is 67.8 Å². The second kappa shape index (κ2) is 10.6. The summed E-state index contributed by atoms with van der Waals surface area (Å²) in [6.45, 7) is 0. The van der Waals surface area contributed by atoms with E-state index in [9.17, 15) is 0 Å². The molecule has 2 aliphatic rings. The van der Waals surface area contributed by atoms with Gasteiger partial charge in [0.2, 0.25) is 0 Å². The minimum Gasteiger partial charge on any atom is -0.298 e. The van der Waals surface area contributed by atoms with E-state index in [0.29, 0.717) is 11.7 Å². The van der Waals surface area contributed by atoms with Crippen molar-refractivity contribution in [1.29, 1.82) is 0 Å². The average Bonchev–Trinajstić information content (AvgIpc) is 3.51. The van der Waals surface area contributed by atoms with Gasteiger partial charge in [-0.05, 0) is 79.2 Å². The molecule has 214 valence electrons. The van der Waals surface area contributed by atoms with Crippen LogP contribution in [0.1, 0.15) is 28.4 Å². The molecule has 0 spiro atoms. The fraction of sp³-hybridized carbons (Fsp3) is 0.0714. The maximum atomic E-state index is 6.28. The Kier molecular flexibility index (Phi) is 6.33. The lowest BCUT2D eigenvalue weighted by Gasteiger charge is -2.34. The lowest BCUT2D eigenvalue weighted by atomic mass is 9.42. The van der Waals surface area contributed by atoms with E-state index < -0.39 is 5.11 Å². The summed E-state index contributed by atoms with van der Waals surface area (Å²) in [7, 11) is 18.8. The molecule has 47 heavy (non-hydrogen) atoms. The van der Waals surface area contributed by atoms with Crippen molar-refractivity contribution in [3.63, 3.8) is 0 Å². The molecule has 1 heterocycles. The van der Waals surface area contributed by atoms with Gasteiger partial charge in [-0.25, -0.2) is 4.98 Å². The normalized spacial score (nSPS) is 17.1. The number of fused-ring (bicyclic) bond motifs is 6. The Labute approximate surface area is 278 Å². The van der Waals surface area contributed by atoms with Crippen LogP contribution in [0.2, 0.25) is 0 Å². The first kappa shape index (κ1) is 28.0. The van der Waals surface area contributed by atoms with Crippen molar-refractivity contribution in [2.45, 2.75) is 11.0 Å². The summed E-state index contributed by atoms with van der Waals surface area (Å²) in [5, 5.41) is 3.25. The van der Waals surface area contributed by atoms with E-state index in [1.165, 1.54) is 49.4 Å². The van der Waals surface area contributed by atoms with Gasteiger partial charge < -0.3 is 0 Å². The molecule has 1 aromatic heterocycles. The predicted molar refractivity (Wildman–Crippen MR) is 199 cm³/mol. The minimum atomic E-state index is -1.62. The van der Waals surface area contributed by atoms with Crippen LogP contribution in [0.15, 0.2) is 146 Å². The highest BCUT2D eigenvalue weighted by Gasteiger charge is 2.32. The first-order valence-electron chi connectivity index (χ1n) is 16.0. The van der Waals surface area contributed by atoms with Gasteiger partial charge in [-0.1, -0.05) is 133 Å². The fourth-order valence-corrected chi connectivity index (χ4v) is 7.78. The van der Waals surface area contributed by atoms with Crippen molar-refractivity contribution in [2.24, 2.45) is 5.92 Å². The van der Waals surface area contributed by atoms with Crippen LogP contribution in [-0.4, -0.2) is 33.1 Å². The van der Waals surface area contributed by atoms with Crippen LogP contribution in [0.25, 0.3) is 61.0 Å². The molecule has 0 amide bonds. The first-order chi connectivity index (χ1) is 23.0. The number of imidazole rings is 1. The van der Waals surface area contributed by atoms with Gasteiger partial charge in [0.15, 0.2) is 0 Å². The highest BCUT2D eigenvalue weighted by Crippen LogP contribution is 2.50. The standard InChI is InChI=1S/C42H27B3N2/c43-42(44,45)41-46-37-22-9-10-23-38(37)47(41)28-14-11-13-27(24-28)39-32-18-5-7-20-34(32)40(35-21-8-6-19-33(35)39)36-25-26-12-1-2-15-29(26)30-16-3-4-17-31(30)36/h1-25,30-31H. The van der Waals surface area contributed by atoms with Crippen molar-refractivity contribution in [3.05, 3.63) is 168 Å². The van der Waals surface area contributed by atoms with Crippen LogP contribution in [0.5, 0.6) is 0 Å². The lowest BCUT2D eigenvalue weighted by Crippen LogP contribution is -2.31. The maximum absolute atomic E-state index is 6.28. The Bertz CT molecular complexity index is 2420. The molecule has 6 radical (unpaired) electrons. The van der Waals surface area contributed by atoms with Crippen LogP contribution in [-0.2, 0) is 5.11 Å². The number of hydrogen-bond donors (Lipinski definition) is 0. The van der Waals surface area contributed by atoms with E-state index in [2.05, 4.69) is 127 Å². The van der Waals surface area contributed by atoms with Crippen molar-refractivity contribution in [2.75, 3.05) is 0 Å². The lowest BCUT2D eigenvalue weighted by molar-refractivity contribution is 0.710. The third kappa shape index (κ3) is 4.41. The van der Waals surface area contributed by atoms with Crippen LogP contribution in [0.4, 0.5) is 0 Å². The van der Waals surface area contributed by atoms with Crippen molar-refractivity contribution in [3.8, 4) is 16.8 Å². The smallest absolute Gasteiger partial charge is 0.0951 e. The van der Waals surface area contributed by atoms with E-state index in [1.807, 2.05) is 28.8 Å². The Balaban J connectivity index is 1.32. The molecule has 0 saturated carbocycles.